The van der Waals surface area contributed by atoms with Crippen LogP contribution in [0.5, 0.6) is 0 Å². The fourth-order valence-electron chi connectivity index (χ4n) is 2.60. The number of piperidine rings is 1. The molecule has 14 heavy (non-hydrogen) atoms. The SMILES string of the molecule is CC(C)CN1CCCC(CN)C1(C)C. The predicted molar refractivity (Wildman–Crippen MR) is 62.3 cm³/mol. The van der Waals surface area contributed by atoms with Crippen molar-refractivity contribution >= 4 is 0 Å². The van der Waals surface area contributed by atoms with Crippen molar-refractivity contribution in [3.05, 3.63) is 0 Å². The Bertz CT molecular complexity index is 175. The Morgan fingerprint density at radius 1 is 1.43 bits per heavy atom. The first-order valence-electron chi connectivity index (χ1n) is 5.93. The monoisotopic (exact) mass is 198 g/mol. The minimum Gasteiger partial charge on any atom is -0.330 e. The third-order valence-electron chi connectivity index (χ3n) is 3.66. The fraction of sp³-hybridized carbons (Fsp3) is 1.00. The zero-order valence-electron chi connectivity index (χ0n) is 10.2. The highest BCUT2D eigenvalue weighted by Gasteiger charge is 2.37. The van der Waals surface area contributed by atoms with Crippen LogP contribution in [0.3, 0.4) is 0 Å². The van der Waals surface area contributed by atoms with E-state index in [0.717, 1.165) is 12.5 Å². The van der Waals surface area contributed by atoms with E-state index in [-0.39, 0.29) is 0 Å². The van der Waals surface area contributed by atoms with Crippen LogP contribution < -0.4 is 5.73 Å². The van der Waals surface area contributed by atoms with Crippen LogP contribution in [-0.4, -0.2) is 30.1 Å². The highest BCUT2D eigenvalue weighted by atomic mass is 15.2. The molecule has 0 aromatic heterocycles. The second-order valence-corrected chi connectivity index (χ2v) is 5.57. The van der Waals surface area contributed by atoms with Crippen LogP contribution in [0.4, 0.5) is 0 Å². The molecular weight excluding hydrogens is 172 g/mol. The summed E-state index contributed by atoms with van der Waals surface area (Å²) in [6.07, 6.45) is 2.62. The normalized spacial score (nSPS) is 28.3. The van der Waals surface area contributed by atoms with Crippen molar-refractivity contribution in [2.45, 2.75) is 46.1 Å². The van der Waals surface area contributed by atoms with Gasteiger partial charge in [0, 0.05) is 12.1 Å². The molecule has 2 heteroatoms. The predicted octanol–water partition coefficient (Wildman–Crippen LogP) is 2.09. The highest BCUT2D eigenvalue weighted by Crippen LogP contribution is 2.32. The van der Waals surface area contributed by atoms with Crippen LogP contribution in [0.15, 0.2) is 0 Å². The van der Waals surface area contributed by atoms with Gasteiger partial charge in [0.25, 0.3) is 0 Å². The molecule has 0 amide bonds. The summed E-state index contributed by atoms with van der Waals surface area (Å²) in [7, 11) is 0. The van der Waals surface area contributed by atoms with Crippen LogP contribution >= 0.6 is 0 Å². The van der Waals surface area contributed by atoms with Crippen molar-refractivity contribution in [3.8, 4) is 0 Å². The van der Waals surface area contributed by atoms with Gasteiger partial charge in [0.15, 0.2) is 0 Å². The number of likely N-dealkylation sites (tertiary alicyclic amines) is 1. The lowest BCUT2D eigenvalue weighted by atomic mass is 9.78. The van der Waals surface area contributed by atoms with Gasteiger partial charge in [-0.05, 0) is 51.6 Å². The third-order valence-corrected chi connectivity index (χ3v) is 3.66. The standard InChI is InChI=1S/C12H26N2/c1-10(2)9-14-7-5-6-11(8-13)12(14,3)4/h10-11H,5-9,13H2,1-4H3. The molecule has 1 aliphatic rings. The fourth-order valence-corrected chi connectivity index (χ4v) is 2.60. The molecule has 1 aliphatic heterocycles. The summed E-state index contributed by atoms with van der Waals surface area (Å²) in [5.41, 5.74) is 6.15. The van der Waals surface area contributed by atoms with E-state index in [9.17, 15) is 0 Å². The molecule has 84 valence electrons. The van der Waals surface area contributed by atoms with Crippen LogP contribution in [-0.2, 0) is 0 Å². The van der Waals surface area contributed by atoms with Crippen LogP contribution in [0.25, 0.3) is 0 Å². The highest BCUT2D eigenvalue weighted by molar-refractivity contribution is 4.93. The molecule has 1 heterocycles. The Balaban J connectivity index is 2.65. The Labute approximate surface area is 88.8 Å². The lowest BCUT2D eigenvalue weighted by Crippen LogP contribution is -2.56. The largest absolute Gasteiger partial charge is 0.330 e. The Morgan fingerprint density at radius 2 is 2.07 bits per heavy atom. The zero-order valence-corrected chi connectivity index (χ0v) is 10.2. The molecule has 0 aromatic rings. The van der Waals surface area contributed by atoms with Gasteiger partial charge in [-0.2, -0.15) is 0 Å². The number of nitrogens with zero attached hydrogens (tertiary/aromatic N) is 1. The lowest BCUT2D eigenvalue weighted by Gasteiger charge is -2.48. The number of rotatable bonds is 3. The van der Waals surface area contributed by atoms with Crippen molar-refractivity contribution in [2.24, 2.45) is 17.6 Å². The summed E-state index contributed by atoms with van der Waals surface area (Å²) in [4.78, 5) is 2.62. The molecule has 0 spiro atoms. The summed E-state index contributed by atoms with van der Waals surface area (Å²) in [5.74, 6) is 1.43. The van der Waals surface area contributed by atoms with Gasteiger partial charge in [-0.1, -0.05) is 13.8 Å². The maximum absolute atomic E-state index is 5.85. The molecule has 1 rings (SSSR count). The molecule has 1 saturated heterocycles. The van der Waals surface area contributed by atoms with Gasteiger partial charge in [-0.3, -0.25) is 4.90 Å². The first-order chi connectivity index (χ1) is 6.48. The van der Waals surface area contributed by atoms with E-state index in [2.05, 4.69) is 32.6 Å². The van der Waals surface area contributed by atoms with Crippen LogP contribution in [0.1, 0.15) is 40.5 Å². The Kier molecular flexibility index (Phi) is 3.96. The van der Waals surface area contributed by atoms with E-state index in [1.54, 1.807) is 0 Å². The van der Waals surface area contributed by atoms with Crippen LogP contribution in [0.2, 0.25) is 0 Å². The summed E-state index contributed by atoms with van der Waals surface area (Å²) in [5, 5.41) is 0. The maximum atomic E-state index is 5.85. The number of hydrogen-bond donors (Lipinski definition) is 1. The lowest BCUT2D eigenvalue weighted by molar-refractivity contribution is 0.0170. The van der Waals surface area contributed by atoms with E-state index >= 15 is 0 Å². The van der Waals surface area contributed by atoms with E-state index in [1.807, 2.05) is 0 Å². The van der Waals surface area contributed by atoms with E-state index in [4.69, 9.17) is 5.73 Å². The summed E-state index contributed by atoms with van der Waals surface area (Å²) in [6, 6.07) is 0. The van der Waals surface area contributed by atoms with Gasteiger partial charge in [0.05, 0.1) is 0 Å². The Morgan fingerprint density at radius 3 is 2.57 bits per heavy atom. The van der Waals surface area contributed by atoms with E-state index in [1.165, 1.54) is 25.9 Å². The van der Waals surface area contributed by atoms with Gasteiger partial charge < -0.3 is 5.73 Å². The molecule has 1 unspecified atom stereocenters. The minimum atomic E-state index is 0.303. The second kappa shape index (κ2) is 4.63. The van der Waals surface area contributed by atoms with Gasteiger partial charge >= 0.3 is 0 Å². The molecule has 2 N–H and O–H groups in total. The molecule has 0 aliphatic carbocycles. The molecule has 0 bridgehead atoms. The smallest absolute Gasteiger partial charge is 0.0193 e. The van der Waals surface area contributed by atoms with Gasteiger partial charge in [-0.15, -0.1) is 0 Å². The summed E-state index contributed by atoms with van der Waals surface area (Å²) >= 11 is 0. The Hall–Kier alpha value is -0.0800. The molecule has 1 atom stereocenters. The third kappa shape index (κ3) is 2.48. The van der Waals surface area contributed by atoms with E-state index < -0.39 is 0 Å². The van der Waals surface area contributed by atoms with Crippen LogP contribution in [0, 0.1) is 11.8 Å². The second-order valence-electron chi connectivity index (χ2n) is 5.57. The van der Waals surface area contributed by atoms with Gasteiger partial charge in [0.2, 0.25) is 0 Å². The molecule has 1 fully saturated rings. The number of nitrogens with two attached hydrogens (primary N) is 1. The maximum Gasteiger partial charge on any atom is 0.0193 e. The first-order valence-corrected chi connectivity index (χ1v) is 5.93. The van der Waals surface area contributed by atoms with Crippen molar-refractivity contribution in [3.63, 3.8) is 0 Å². The first kappa shape index (κ1) is 12.0. The molecule has 0 aromatic carbocycles. The van der Waals surface area contributed by atoms with E-state index in [0.29, 0.717) is 11.5 Å². The molecule has 2 nitrogen and oxygen atoms in total. The molecule has 0 radical (unpaired) electrons. The topological polar surface area (TPSA) is 29.3 Å². The minimum absolute atomic E-state index is 0.303. The van der Waals surface area contributed by atoms with Gasteiger partial charge in [-0.25, -0.2) is 0 Å². The summed E-state index contributed by atoms with van der Waals surface area (Å²) in [6.45, 7) is 12.6. The van der Waals surface area contributed by atoms with Crippen molar-refractivity contribution in [2.75, 3.05) is 19.6 Å². The summed E-state index contributed by atoms with van der Waals surface area (Å²) < 4.78 is 0. The number of hydrogen-bond acceptors (Lipinski definition) is 2. The van der Waals surface area contributed by atoms with Crippen molar-refractivity contribution < 1.29 is 0 Å². The average Bonchev–Trinajstić information content (AvgIpc) is 2.07. The zero-order chi connectivity index (χ0) is 10.8. The molecule has 0 saturated carbocycles. The quantitative estimate of drug-likeness (QED) is 0.752. The average molecular weight is 198 g/mol. The van der Waals surface area contributed by atoms with Crippen molar-refractivity contribution in [1.29, 1.82) is 0 Å². The van der Waals surface area contributed by atoms with Gasteiger partial charge in [0.1, 0.15) is 0 Å². The van der Waals surface area contributed by atoms with Crippen molar-refractivity contribution in [1.82, 2.24) is 4.90 Å². The molecular formula is C12H26N2.